The second kappa shape index (κ2) is 6.54. The Hall–Kier alpha value is -1.36. The van der Waals surface area contributed by atoms with Gasteiger partial charge in [0.2, 0.25) is 5.91 Å². The van der Waals surface area contributed by atoms with Gasteiger partial charge in [-0.1, -0.05) is 12.8 Å². The third-order valence-electron chi connectivity index (χ3n) is 3.50. The topological polar surface area (TPSA) is 56.1 Å². The standard InChI is InChI=1S/C13H21N3O2/c1-18-7-6-16-10-14-8-12(16)9-15-13(17)11-4-2-3-5-11/h8,10-11H,2-7,9H2,1H3,(H,15,17). The maximum absolute atomic E-state index is 11.9. The largest absolute Gasteiger partial charge is 0.383 e. The van der Waals surface area contributed by atoms with E-state index in [2.05, 4.69) is 10.3 Å². The maximum atomic E-state index is 11.9. The van der Waals surface area contributed by atoms with Gasteiger partial charge in [0, 0.05) is 25.8 Å². The summed E-state index contributed by atoms with van der Waals surface area (Å²) >= 11 is 0. The van der Waals surface area contributed by atoms with Crippen LogP contribution in [0, 0.1) is 5.92 Å². The van der Waals surface area contributed by atoms with Crippen LogP contribution in [0.2, 0.25) is 0 Å². The maximum Gasteiger partial charge on any atom is 0.223 e. The third-order valence-corrected chi connectivity index (χ3v) is 3.50. The first-order valence-electron chi connectivity index (χ1n) is 6.57. The fourth-order valence-electron chi connectivity index (χ4n) is 2.40. The fraction of sp³-hybridized carbons (Fsp3) is 0.692. The zero-order valence-corrected chi connectivity index (χ0v) is 10.9. The highest BCUT2D eigenvalue weighted by atomic mass is 16.5. The summed E-state index contributed by atoms with van der Waals surface area (Å²) in [6.07, 6.45) is 8.01. The molecule has 5 nitrogen and oxygen atoms in total. The van der Waals surface area contributed by atoms with Crippen LogP contribution in [0.1, 0.15) is 31.4 Å². The minimum absolute atomic E-state index is 0.187. The second-order valence-corrected chi connectivity index (χ2v) is 4.77. The van der Waals surface area contributed by atoms with Gasteiger partial charge >= 0.3 is 0 Å². The Kier molecular flexibility index (Phi) is 4.75. The Bertz CT molecular complexity index is 383. The molecule has 100 valence electrons. The van der Waals surface area contributed by atoms with Crippen molar-refractivity contribution in [2.75, 3.05) is 13.7 Å². The minimum atomic E-state index is 0.187. The van der Waals surface area contributed by atoms with Gasteiger partial charge in [-0.25, -0.2) is 4.98 Å². The molecule has 1 heterocycles. The number of amides is 1. The highest BCUT2D eigenvalue weighted by Gasteiger charge is 2.22. The summed E-state index contributed by atoms with van der Waals surface area (Å²) in [5, 5.41) is 3.00. The average Bonchev–Trinajstić information content (AvgIpc) is 3.04. The lowest BCUT2D eigenvalue weighted by atomic mass is 10.1. The van der Waals surface area contributed by atoms with Crippen LogP contribution in [0.4, 0.5) is 0 Å². The molecule has 1 saturated carbocycles. The van der Waals surface area contributed by atoms with Crippen LogP contribution in [0.25, 0.3) is 0 Å². The van der Waals surface area contributed by atoms with E-state index >= 15 is 0 Å². The van der Waals surface area contributed by atoms with Gasteiger partial charge in [0.15, 0.2) is 0 Å². The zero-order valence-electron chi connectivity index (χ0n) is 10.9. The van der Waals surface area contributed by atoms with Crippen molar-refractivity contribution < 1.29 is 9.53 Å². The van der Waals surface area contributed by atoms with Crippen molar-refractivity contribution in [2.45, 2.75) is 38.8 Å². The molecule has 1 N–H and O–H groups in total. The van der Waals surface area contributed by atoms with Gasteiger partial charge in [-0.15, -0.1) is 0 Å². The van der Waals surface area contributed by atoms with Crippen molar-refractivity contribution in [2.24, 2.45) is 5.92 Å². The molecule has 0 spiro atoms. The molecule has 0 aromatic carbocycles. The molecule has 5 heteroatoms. The zero-order chi connectivity index (χ0) is 12.8. The van der Waals surface area contributed by atoms with Crippen LogP contribution < -0.4 is 5.32 Å². The quantitative estimate of drug-likeness (QED) is 0.830. The number of hydrogen-bond acceptors (Lipinski definition) is 3. The van der Waals surface area contributed by atoms with E-state index in [9.17, 15) is 4.79 Å². The molecule has 0 radical (unpaired) electrons. The van der Waals surface area contributed by atoms with E-state index in [4.69, 9.17) is 4.74 Å². The van der Waals surface area contributed by atoms with E-state index in [0.717, 1.165) is 25.1 Å². The van der Waals surface area contributed by atoms with Gasteiger partial charge in [-0.2, -0.15) is 0 Å². The monoisotopic (exact) mass is 251 g/mol. The Balaban J connectivity index is 1.81. The number of hydrogen-bond donors (Lipinski definition) is 1. The van der Waals surface area contributed by atoms with Crippen LogP contribution >= 0.6 is 0 Å². The Morgan fingerprint density at radius 1 is 1.56 bits per heavy atom. The van der Waals surface area contributed by atoms with E-state index in [0.29, 0.717) is 13.2 Å². The molecule has 0 saturated heterocycles. The molecule has 1 aromatic rings. The van der Waals surface area contributed by atoms with Gasteiger partial charge in [-0.3, -0.25) is 4.79 Å². The van der Waals surface area contributed by atoms with Gasteiger partial charge in [0.1, 0.15) is 0 Å². The number of aromatic nitrogens is 2. The summed E-state index contributed by atoms with van der Waals surface area (Å²) in [5.41, 5.74) is 1.03. The summed E-state index contributed by atoms with van der Waals surface area (Å²) in [6.45, 7) is 1.98. The fourth-order valence-corrected chi connectivity index (χ4v) is 2.40. The van der Waals surface area contributed by atoms with E-state index in [1.807, 2.05) is 4.57 Å². The molecular weight excluding hydrogens is 230 g/mol. The summed E-state index contributed by atoms with van der Waals surface area (Å²) in [6, 6.07) is 0. The molecule has 0 atom stereocenters. The van der Waals surface area contributed by atoms with E-state index in [-0.39, 0.29) is 11.8 Å². The molecule has 0 unspecified atom stereocenters. The lowest BCUT2D eigenvalue weighted by Crippen LogP contribution is -2.29. The molecular formula is C13H21N3O2. The number of ether oxygens (including phenoxy) is 1. The molecule has 1 aliphatic carbocycles. The number of imidazole rings is 1. The van der Waals surface area contributed by atoms with Gasteiger partial charge in [0.25, 0.3) is 0 Å². The molecule has 1 aromatic heterocycles. The first-order chi connectivity index (χ1) is 8.81. The number of carbonyl (C=O) groups is 1. The van der Waals surface area contributed by atoms with E-state index in [1.165, 1.54) is 12.8 Å². The average molecular weight is 251 g/mol. The normalized spacial score (nSPS) is 16.1. The summed E-state index contributed by atoms with van der Waals surface area (Å²) in [7, 11) is 1.68. The highest BCUT2D eigenvalue weighted by molar-refractivity contribution is 5.78. The molecule has 2 rings (SSSR count). The molecule has 1 amide bonds. The highest BCUT2D eigenvalue weighted by Crippen LogP contribution is 2.24. The lowest BCUT2D eigenvalue weighted by Gasteiger charge is -2.11. The van der Waals surface area contributed by atoms with Gasteiger partial charge in [-0.05, 0) is 12.8 Å². The number of rotatable bonds is 6. The molecule has 1 fully saturated rings. The lowest BCUT2D eigenvalue weighted by molar-refractivity contribution is -0.125. The Morgan fingerprint density at radius 2 is 2.33 bits per heavy atom. The van der Waals surface area contributed by atoms with Crippen LogP contribution in [0.15, 0.2) is 12.5 Å². The van der Waals surface area contributed by atoms with Crippen LogP contribution in [-0.4, -0.2) is 29.2 Å². The minimum Gasteiger partial charge on any atom is -0.383 e. The molecule has 18 heavy (non-hydrogen) atoms. The number of carbonyl (C=O) groups excluding carboxylic acids is 1. The summed E-state index contributed by atoms with van der Waals surface area (Å²) < 4.78 is 7.05. The predicted octanol–water partition coefficient (Wildman–Crippen LogP) is 1.34. The van der Waals surface area contributed by atoms with Crippen LogP contribution in [0.5, 0.6) is 0 Å². The summed E-state index contributed by atoms with van der Waals surface area (Å²) in [5.74, 6) is 0.410. The van der Waals surface area contributed by atoms with Gasteiger partial charge < -0.3 is 14.6 Å². The SMILES string of the molecule is COCCn1cncc1CNC(=O)C1CCCC1. The predicted molar refractivity (Wildman–Crippen MR) is 67.9 cm³/mol. The summed E-state index contributed by atoms with van der Waals surface area (Å²) in [4.78, 5) is 16.0. The van der Waals surface area contributed by atoms with Crippen LogP contribution in [-0.2, 0) is 22.6 Å². The number of nitrogens with zero attached hydrogens (tertiary/aromatic N) is 2. The van der Waals surface area contributed by atoms with Crippen LogP contribution in [0.3, 0.4) is 0 Å². The molecule has 0 aliphatic heterocycles. The van der Waals surface area contributed by atoms with E-state index in [1.54, 1.807) is 19.6 Å². The van der Waals surface area contributed by atoms with E-state index < -0.39 is 0 Å². The third kappa shape index (κ3) is 3.32. The van der Waals surface area contributed by atoms with Crippen molar-refractivity contribution in [3.8, 4) is 0 Å². The molecule has 1 aliphatic rings. The first kappa shape index (κ1) is 13.1. The smallest absolute Gasteiger partial charge is 0.223 e. The van der Waals surface area contributed by atoms with Crippen molar-refractivity contribution in [1.29, 1.82) is 0 Å². The number of nitrogens with one attached hydrogen (secondary N) is 1. The first-order valence-corrected chi connectivity index (χ1v) is 6.57. The van der Waals surface area contributed by atoms with Crippen molar-refractivity contribution in [3.63, 3.8) is 0 Å². The van der Waals surface area contributed by atoms with Gasteiger partial charge in [0.05, 0.1) is 25.2 Å². The Labute approximate surface area is 108 Å². The Morgan fingerprint density at radius 3 is 3.06 bits per heavy atom. The number of methoxy groups -OCH3 is 1. The van der Waals surface area contributed by atoms with Crippen molar-refractivity contribution >= 4 is 5.91 Å². The van der Waals surface area contributed by atoms with Crippen molar-refractivity contribution in [1.82, 2.24) is 14.9 Å². The molecule has 0 bridgehead atoms. The second-order valence-electron chi connectivity index (χ2n) is 4.77. The van der Waals surface area contributed by atoms with Crippen molar-refractivity contribution in [3.05, 3.63) is 18.2 Å².